The van der Waals surface area contributed by atoms with Crippen molar-refractivity contribution in [3.63, 3.8) is 0 Å². The Kier molecular flexibility index (Phi) is 4.64. The standard InChI is InChI=1S/C13H21N3O2/c1-5-10-7-11(16-9(3)15-10)14-8-13(4,6-2)12(17)18/h7H,5-6,8H2,1-4H3,(H,17,18)(H,14,15,16). The predicted molar refractivity (Wildman–Crippen MR) is 70.7 cm³/mol. The van der Waals surface area contributed by atoms with Gasteiger partial charge >= 0.3 is 5.97 Å². The fourth-order valence-corrected chi connectivity index (χ4v) is 1.54. The zero-order valence-electron chi connectivity index (χ0n) is 11.4. The van der Waals surface area contributed by atoms with E-state index in [1.54, 1.807) is 6.92 Å². The third-order valence-electron chi connectivity index (χ3n) is 3.21. The molecule has 0 bridgehead atoms. The van der Waals surface area contributed by atoms with E-state index < -0.39 is 11.4 Å². The summed E-state index contributed by atoms with van der Waals surface area (Å²) in [4.78, 5) is 19.7. The molecule has 0 saturated heterocycles. The molecule has 1 heterocycles. The van der Waals surface area contributed by atoms with E-state index in [1.807, 2.05) is 26.8 Å². The lowest BCUT2D eigenvalue weighted by molar-refractivity contribution is -0.147. The van der Waals surface area contributed by atoms with Gasteiger partial charge in [0.15, 0.2) is 0 Å². The fourth-order valence-electron chi connectivity index (χ4n) is 1.54. The summed E-state index contributed by atoms with van der Waals surface area (Å²) in [6.45, 7) is 7.83. The second kappa shape index (κ2) is 5.80. The maximum absolute atomic E-state index is 11.2. The normalized spacial score (nSPS) is 14.0. The Hall–Kier alpha value is -1.65. The van der Waals surface area contributed by atoms with Gasteiger partial charge in [-0.3, -0.25) is 4.79 Å². The molecule has 0 saturated carbocycles. The molecule has 1 aromatic heterocycles. The second-order valence-corrected chi connectivity index (χ2v) is 4.72. The number of nitrogens with one attached hydrogen (secondary N) is 1. The summed E-state index contributed by atoms with van der Waals surface area (Å²) in [5.74, 6) is 0.602. The summed E-state index contributed by atoms with van der Waals surface area (Å²) < 4.78 is 0. The average Bonchev–Trinajstić information content (AvgIpc) is 2.35. The highest BCUT2D eigenvalue weighted by atomic mass is 16.4. The summed E-state index contributed by atoms with van der Waals surface area (Å²) >= 11 is 0. The van der Waals surface area contributed by atoms with Gasteiger partial charge in [0.2, 0.25) is 0 Å². The first-order valence-corrected chi connectivity index (χ1v) is 6.23. The number of anilines is 1. The highest BCUT2D eigenvalue weighted by molar-refractivity contribution is 5.74. The summed E-state index contributed by atoms with van der Waals surface area (Å²) in [7, 11) is 0. The van der Waals surface area contributed by atoms with Crippen molar-refractivity contribution in [2.24, 2.45) is 5.41 Å². The van der Waals surface area contributed by atoms with E-state index in [-0.39, 0.29) is 0 Å². The number of aromatic nitrogens is 2. The molecule has 1 unspecified atom stereocenters. The second-order valence-electron chi connectivity index (χ2n) is 4.72. The zero-order chi connectivity index (χ0) is 13.8. The van der Waals surface area contributed by atoms with Crippen molar-refractivity contribution in [2.45, 2.75) is 40.5 Å². The predicted octanol–water partition coefficient (Wildman–Crippen LogP) is 2.26. The Labute approximate surface area is 108 Å². The van der Waals surface area contributed by atoms with Gasteiger partial charge in [-0.15, -0.1) is 0 Å². The first-order valence-electron chi connectivity index (χ1n) is 6.23. The number of carboxylic acid groups (broad SMARTS) is 1. The smallest absolute Gasteiger partial charge is 0.311 e. The van der Waals surface area contributed by atoms with Crippen LogP contribution in [0.3, 0.4) is 0 Å². The minimum absolute atomic E-state index is 0.360. The number of nitrogens with zero attached hydrogens (tertiary/aromatic N) is 2. The number of carbonyl (C=O) groups is 1. The van der Waals surface area contributed by atoms with Gasteiger partial charge in [0.25, 0.3) is 0 Å². The Morgan fingerprint density at radius 3 is 2.61 bits per heavy atom. The molecular formula is C13H21N3O2. The van der Waals surface area contributed by atoms with Crippen LogP contribution in [0.5, 0.6) is 0 Å². The Balaban J connectivity index is 2.79. The molecule has 0 radical (unpaired) electrons. The van der Waals surface area contributed by atoms with Gasteiger partial charge in [0, 0.05) is 18.3 Å². The van der Waals surface area contributed by atoms with Crippen LogP contribution < -0.4 is 5.32 Å². The van der Waals surface area contributed by atoms with Crippen molar-refractivity contribution in [3.8, 4) is 0 Å². The maximum atomic E-state index is 11.2. The Bertz CT molecular complexity index is 434. The van der Waals surface area contributed by atoms with Crippen LogP contribution in [-0.4, -0.2) is 27.6 Å². The Morgan fingerprint density at radius 2 is 2.11 bits per heavy atom. The summed E-state index contributed by atoms with van der Waals surface area (Å²) in [5.41, 5.74) is 0.184. The summed E-state index contributed by atoms with van der Waals surface area (Å²) in [5, 5.41) is 12.3. The van der Waals surface area contributed by atoms with E-state index in [0.29, 0.717) is 24.6 Å². The Morgan fingerprint density at radius 1 is 1.44 bits per heavy atom. The van der Waals surface area contributed by atoms with Gasteiger partial charge in [0.1, 0.15) is 11.6 Å². The quantitative estimate of drug-likeness (QED) is 0.811. The number of carboxylic acids is 1. The van der Waals surface area contributed by atoms with Crippen molar-refractivity contribution >= 4 is 11.8 Å². The molecule has 0 aliphatic carbocycles. The summed E-state index contributed by atoms with van der Waals surface area (Å²) in [6, 6.07) is 1.87. The van der Waals surface area contributed by atoms with E-state index in [4.69, 9.17) is 0 Å². The van der Waals surface area contributed by atoms with Crippen LogP contribution in [0.4, 0.5) is 5.82 Å². The number of aliphatic carboxylic acids is 1. The van der Waals surface area contributed by atoms with Gasteiger partial charge in [-0.2, -0.15) is 0 Å². The van der Waals surface area contributed by atoms with Gasteiger partial charge in [-0.05, 0) is 26.7 Å². The SMILES string of the molecule is CCc1cc(NCC(C)(CC)C(=O)O)nc(C)n1. The van der Waals surface area contributed by atoms with E-state index >= 15 is 0 Å². The van der Waals surface area contributed by atoms with E-state index in [9.17, 15) is 9.90 Å². The third-order valence-corrected chi connectivity index (χ3v) is 3.21. The van der Waals surface area contributed by atoms with Crippen molar-refractivity contribution < 1.29 is 9.90 Å². The third kappa shape index (κ3) is 3.42. The van der Waals surface area contributed by atoms with Crippen LogP contribution >= 0.6 is 0 Å². The monoisotopic (exact) mass is 251 g/mol. The van der Waals surface area contributed by atoms with Crippen LogP contribution in [0.1, 0.15) is 38.7 Å². The van der Waals surface area contributed by atoms with E-state index in [2.05, 4.69) is 15.3 Å². The zero-order valence-corrected chi connectivity index (χ0v) is 11.4. The molecule has 0 aliphatic heterocycles. The molecule has 1 atom stereocenters. The first kappa shape index (κ1) is 14.4. The van der Waals surface area contributed by atoms with Crippen LogP contribution in [0.15, 0.2) is 6.07 Å². The average molecular weight is 251 g/mol. The largest absolute Gasteiger partial charge is 0.481 e. The molecule has 1 rings (SSSR count). The van der Waals surface area contributed by atoms with Crippen LogP contribution in [0, 0.1) is 12.3 Å². The molecule has 5 heteroatoms. The van der Waals surface area contributed by atoms with Gasteiger partial charge in [0.05, 0.1) is 5.41 Å². The highest BCUT2D eigenvalue weighted by Gasteiger charge is 2.30. The maximum Gasteiger partial charge on any atom is 0.311 e. The number of hydrogen-bond donors (Lipinski definition) is 2. The van der Waals surface area contributed by atoms with Crippen LogP contribution in [0.25, 0.3) is 0 Å². The minimum atomic E-state index is -0.793. The molecule has 5 nitrogen and oxygen atoms in total. The summed E-state index contributed by atoms with van der Waals surface area (Å²) in [6.07, 6.45) is 1.40. The first-order chi connectivity index (χ1) is 8.41. The van der Waals surface area contributed by atoms with E-state index in [1.165, 1.54) is 0 Å². The van der Waals surface area contributed by atoms with Crippen molar-refractivity contribution in [2.75, 3.05) is 11.9 Å². The van der Waals surface area contributed by atoms with Crippen molar-refractivity contribution in [1.82, 2.24) is 9.97 Å². The topological polar surface area (TPSA) is 75.1 Å². The lowest BCUT2D eigenvalue weighted by atomic mass is 9.88. The van der Waals surface area contributed by atoms with Gasteiger partial charge in [-0.25, -0.2) is 9.97 Å². The number of aryl methyl sites for hydroxylation is 2. The van der Waals surface area contributed by atoms with Gasteiger partial charge < -0.3 is 10.4 Å². The lowest BCUT2D eigenvalue weighted by Gasteiger charge is -2.23. The van der Waals surface area contributed by atoms with Crippen LogP contribution in [0.2, 0.25) is 0 Å². The molecule has 0 amide bonds. The molecule has 0 spiro atoms. The molecule has 0 fully saturated rings. The molecule has 1 aromatic rings. The van der Waals surface area contributed by atoms with Crippen molar-refractivity contribution in [3.05, 3.63) is 17.6 Å². The lowest BCUT2D eigenvalue weighted by Crippen LogP contribution is -2.34. The highest BCUT2D eigenvalue weighted by Crippen LogP contribution is 2.22. The van der Waals surface area contributed by atoms with Crippen LogP contribution in [-0.2, 0) is 11.2 Å². The number of hydrogen-bond acceptors (Lipinski definition) is 4. The molecule has 18 heavy (non-hydrogen) atoms. The minimum Gasteiger partial charge on any atom is -0.481 e. The molecule has 0 aromatic carbocycles. The molecule has 2 N–H and O–H groups in total. The van der Waals surface area contributed by atoms with Crippen molar-refractivity contribution in [1.29, 1.82) is 0 Å². The molecule has 100 valence electrons. The van der Waals surface area contributed by atoms with E-state index in [0.717, 1.165) is 12.1 Å². The molecular weight excluding hydrogens is 230 g/mol. The van der Waals surface area contributed by atoms with Gasteiger partial charge in [-0.1, -0.05) is 13.8 Å². The number of rotatable bonds is 6. The molecule has 0 aliphatic rings. The fraction of sp³-hybridized carbons (Fsp3) is 0.615.